The van der Waals surface area contributed by atoms with Crippen LogP contribution in [0.2, 0.25) is 0 Å². The van der Waals surface area contributed by atoms with E-state index in [9.17, 15) is 0 Å². The highest BCUT2D eigenvalue weighted by atomic mass is 16.7. The number of hydrogen-bond donors (Lipinski definition) is 0. The van der Waals surface area contributed by atoms with Crippen LogP contribution in [0.1, 0.15) is 39.5 Å². The molecule has 1 aliphatic heterocycles. The molecule has 1 heterocycles. The maximum absolute atomic E-state index is 6.11. The summed E-state index contributed by atoms with van der Waals surface area (Å²) in [6, 6.07) is 0. The third-order valence-electron chi connectivity index (χ3n) is 4.24. The van der Waals surface area contributed by atoms with Crippen molar-refractivity contribution in [3.8, 4) is 0 Å². The van der Waals surface area contributed by atoms with Crippen molar-refractivity contribution in [2.75, 3.05) is 13.2 Å². The summed E-state index contributed by atoms with van der Waals surface area (Å²) in [5, 5.41) is 0. The molecule has 0 radical (unpaired) electrons. The molecular formula is C12H20O2. The van der Waals surface area contributed by atoms with Crippen molar-refractivity contribution in [3.05, 3.63) is 0 Å². The van der Waals surface area contributed by atoms with Gasteiger partial charge >= 0.3 is 0 Å². The Labute approximate surface area is 86.0 Å². The van der Waals surface area contributed by atoms with Crippen molar-refractivity contribution in [3.63, 3.8) is 0 Å². The van der Waals surface area contributed by atoms with Crippen LogP contribution in [0.5, 0.6) is 0 Å². The van der Waals surface area contributed by atoms with Gasteiger partial charge in [0.2, 0.25) is 0 Å². The SMILES string of the molecule is CC1(C)COC2(OC1)C1CCC2CC1. The molecule has 0 unspecified atom stereocenters. The number of ether oxygens (including phenoxy) is 2. The predicted octanol–water partition coefficient (Wildman–Crippen LogP) is 2.58. The summed E-state index contributed by atoms with van der Waals surface area (Å²) in [7, 11) is 0. The molecule has 2 heteroatoms. The monoisotopic (exact) mass is 196 g/mol. The van der Waals surface area contributed by atoms with E-state index in [-0.39, 0.29) is 11.2 Å². The fourth-order valence-corrected chi connectivity index (χ4v) is 3.40. The molecule has 2 bridgehead atoms. The molecular weight excluding hydrogens is 176 g/mol. The number of rotatable bonds is 0. The van der Waals surface area contributed by atoms with Crippen LogP contribution in [0.15, 0.2) is 0 Å². The zero-order valence-electron chi connectivity index (χ0n) is 9.21. The lowest BCUT2D eigenvalue weighted by Crippen LogP contribution is -2.50. The van der Waals surface area contributed by atoms with Gasteiger partial charge in [-0.3, -0.25) is 0 Å². The van der Waals surface area contributed by atoms with Gasteiger partial charge in [-0.25, -0.2) is 0 Å². The van der Waals surface area contributed by atoms with E-state index in [1.54, 1.807) is 0 Å². The quantitative estimate of drug-likeness (QED) is 0.593. The van der Waals surface area contributed by atoms with Crippen molar-refractivity contribution in [1.82, 2.24) is 0 Å². The Balaban J connectivity index is 1.80. The summed E-state index contributed by atoms with van der Waals surface area (Å²) in [6.45, 7) is 6.19. The Morgan fingerprint density at radius 3 is 1.71 bits per heavy atom. The predicted molar refractivity (Wildman–Crippen MR) is 53.9 cm³/mol. The Hall–Kier alpha value is -0.0800. The Bertz CT molecular complexity index is 215. The van der Waals surface area contributed by atoms with Gasteiger partial charge in [-0.05, 0) is 25.7 Å². The first-order valence-corrected chi connectivity index (χ1v) is 5.90. The summed E-state index contributed by atoms with van der Waals surface area (Å²) in [5.74, 6) is 1.25. The third kappa shape index (κ3) is 1.10. The highest BCUT2D eigenvalue weighted by Gasteiger charge is 2.59. The van der Waals surface area contributed by atoms with Crippen LogP contribution < -0.4 is 0 Å². The van der Waals surface area contributed by atoms with E-state index >= 15 is 0 Å². The van der Waals surface area contributed by atoms with E-state index < -0.39 is 0 Å². The Morgan fingerprint density at radius 1 is 0.857 bits per heavy atom. The van der Waals surface area contributed by atoms with E-state index in [0.717, 1.165) is 13.2 Å². The largest absolute Gasteiger partial charge is 0.349 e. The summed E-state index contributed by atoms with van der Waals surface area (Å²) in [4.78, 5) is 0. The lowest BCUT2D eigenvalue weighted by Gasteiger charge is -2.44. The minimum Gasteiger partial charge on any atom is -0.349 e. The average Bonchev–Trinajstić information content (AvgIpc) is 2.66. The van der Waals surface area contributed by atoms with Crippen LogP contribution in [0.3, 0.4) is 0 Å². The third-order valence-corrected chi connectivity index (χ3v) is 4.24. The molecule has 3 rings (SSSR count). The Kier molecular flexibility index (Phi) is 1.79. The number of hydrogen-bond acceptors (Lipinski definition) is 2. The highest BCUT2D eigenvalue weighted by Crippen LogP contribution is 2.56. The second-order valence-electron chi connectivity index (χ2n) is 6.01. The fraction of sp³-hybridized carbons (Fsp3) is 1.00. The summed E-state index contributed by atoms with van der Waals surface area (Å²) < 4.78 is 12.2. The molecule has 1 saturated heterocycles. The molecule has 80 valence electrons. The van der Waals surface area contributed by atoms with Gasteiger partial charge in [0.25, 0.3) is 0 Å². The van der Waals surface area contributed by atoms with Gasteiger partial charge in [-0.2, -0.15) is 0 Å². The van der Waals surface area contributed by atoms with Crippen LogP contribution in [0, 0.1) is 17.3 Å². The summed E-state index contributed by atoms with van der Waals surface area (Å²) in [5.41, 5.74) is 0.216. The standard InChI is InChI=1S/C12H20O2/c1-11(2)7-13-12(14-8-11)9-3-4-10(12)6-5-9/h9-10H,3-8H2,1-2H3. The lowest BCUT2D eigenvalue weighted by atomic mass is 9.93. The first kappa shape index (κ1) is 9.17. The van der Waals surface area contributed by atoms with Crippen molar-refractivity contribution in [2.24, 2.45) is 17.3 Å². The van der Waals surface area contributed by atoms with Gasteiger partial charge in [-0.15, -0.1) is 0 Å². The molecule has 3 fully saturated rings. The van der Waals surface area contributed by atoms with Crippen molar-refractivity contribution >= 4 is 0 Å². The molecule has 2 saturated carbocycles. The topological polar surface area (TPSA) is 18.5 Å². The zero-order valence-corrected chi connectivity index (χ0v) is 9.21. The van der Waals surface area contributed by atoms with Crippen LogP contribution in [0.25, 0.3) is 0 Å². The van der Waals surface area contributed by atoms with Crippen LogP contribution in [-0.4, -0.2) is 19.0 Å². The Morgan fingerprint density at radius 2 is 1.29 bits per heavy atom. The van der Waals surface area contributed by atoms with Gasteiger partial charge in [0, 0.05) is 17.3 Å². The molecule has 0 aromatic heterocycles. The van der Waals surface area contributed by atoms with Crippen molar-refractivity contribution < 1.29 is 9.47 Å². The molecule has 2 nitrogen and oxygen atoms in total. The molecule has 1 spiro atoms. The molecule has 0 aromatic rings. The van der Waals surface area contributed by atoms with Crippen molar-refractivity contribution in [1.29, 1.82) is 0 Å². The first-order chi connectivity index (χ1) is 6.62. The maximum atomic E-state index is 6.11. The second-order valence-corrected chi connectivity index (χ2v) is 6.01. The minimum atomic E-state index is -0.143. The summed E-state index contributed by atoms with van der Waals surface area (Å²) in [6.07, 6.45) is 5.30. The van der Waals surface area contributed by atoms with Crippen molar-refractivity contribution in [2.45, 2.75) is 45.3 Å². The molecule has 0 amide bonds. The minimum absolute atomic E-state index is 0.143. The molecule has 3 aliphatic rings. The first-order valence-electron chi connectivity index (χ1n) is 5.90. The highest BCUT2D eigenvalue weighted by molar-refractivity contribution is 5.01. The van der Waals surface area contributed by atoms with E-state index in [1.165, 1.54) is 25.7 Å². The van der Waals surface area contributed by atoms with Crippen LogP contribution >= 0.6 is 0 Å². The molecule has 0 atom stereocenters. The second kappa shape index (κ2) is 2.73. The van der Waals surface area contributed by atoms with Crippen LogP contribution in [0.4, 0.5) is 0 Å². The maximum Gasteiger partial charge on any atom is 0.173 e. The van der Waals surface area contributed by atoms with Gasteiger partial charge in [0.1, 0.15) is 0 Å². The molecule has 0 aromatic carbocycles. The normalized spacial score (nSPS) is 43.3. The van der Waals surface area contributed by atoms with E-state index in [1.807, 2.05) is 0 Å². The lowest BCUT2D eigenvalue weighted by molar-refractivity contribution is -0.319. The van der Waals surface area contributed by atoms with Gasteiger partial charge in [0.05, 0.1) is 13.2 Å². The summed E-state index contributed by atoms with van der Waals surface area (Å²) >= 11 is 0. The van der Waals surface area contributed by atoms with Gasteiger partial charge in [-0.1, -0.05) is 13.8 Å². The van der Waals surface area contributed by atoms with E-state index in [4.69, 9.17) is 9.47 Å². The van der Waals surface area contributed by atoms with E-state index in [2.05, 4.69) is 13.8 Å². The smallest absolute Gasteiger partial charge is 0.173 e. The van der Waals surface area contributed by atoms with E-state index in [0.29, 0.717) is 11.8 Å². The molecule has 0 N–H and O–H groups in total. The average molecular weight is 196 g/mol. The molecule has 14 heavy (non-hydrogen) atoms. The van der Waals surface area contributed by atoms with Gasteiger partial charge < -0.3 is 9.47 Å². The van der Waals surface area contributed by atoms with Gasteiger partial charge in [0.15, 0.2) is 5.79 Å². The zero-order chi connectivity index (χ0) is 9.81. The fourth-order valence-electron chi connectivity index (χ4n) is 3.40. The van der Waals surface area contributed by atoms with Crippen LogP contribution in [-0.2, 0) is 9.47 Å². The molecule has 2 aliphatic carbocycles.